The average molecular weight is 177 g/mol. The summed E-state index contributed by atoms with van der Waals surface area (Å²) < 4.78 is 0. The monoisotopic (exact) mass is 177 g/mol. The molecule has 0 bridgehead atoms. The highest BCUT2D eigenvalue weighted by molar-refractivity contribution is 5.31. The Hall–Kier alpha value is -0.820. The van der Waals surface area contributed by atoms with Gasteiger partial charge in [-0.15, -0.1) is 0 Å². The highest BCUT2D eigenvalue weighted by Crippen LogP contribution is 2.25. The first kappa shape index (κ1) is 10.3. The van der Waals surface area contributed by atoms with Crippen molar-refractivity contribution in [3.05, 3.63) is 35.4 Å². The molecule has 0 aliphatic heterocycles. The first-order chi connectivity index (χ1) is 6.08. The van der Waals surface area contributed by atoms with Crippen molar-refractivity contribution < 1.29 is 0 Å². The maximum absolute atomic E-state index is 6.25. The van der Waals surface area contributed by atoms with Crippen LogP contribution in [0.1, 0.15) is 37.8 Å². The Bertz CT molecular complexity index is 276. The van der Waals surface area contributed by atoms with Crippen LogP contribution in [0, 0.1) is 6.92 Å². The molecule has 0 saturated heterocycles. The van der Waals surface area contributed by atoms with Crippen molar-refractivity contribution in [1.29, 1.82) is 0 Å². The fraction of sp³-hybridized carbons (Fsp3) is 0.500. The van der Waals surface area contributed by atoms with E-state index in [-0.39, 0.29) is 5.54 Å². The highest BCUT2D eigenvalue weighted by Gasteiger charge is 2.20. The molecule has 1 unspecified atom stereocenters. The summed E-state index contributed by atoms with van der Waals surface area (Å²) in [4.78, 5) is 0. The van der Waals surface area contributed by atoms with Crippen LogP contribution in [0.5, 0.6) is 0 Å². The van der Waals surface area contributed by atoms with E-state index < -0.39 is 0 Å². The first-order valence-electron chi connectivity index (χ1n) is 4.93. The number of hydrogen-bond donors (Lipinski definition) is 1. The molecule has 0 fully saturated rings. The molecule has 0 saturated carbocycles. The molecule has 1 heteroatoms. The third-order valence-electron chi connectivity index (χ3n) is 2.53. The lowest BCUT2D eigenvalue weighted by atomic mass is 9.86. The summed E-state index contributed by atoms with van der Waals surface area (Å²) in [6, 6.07) is 8.37. The normalized spacial score (nSPS) is 15.4. The van der Waals surface area contributed by atoms with Crippen molar-refractivity contribution in [1.82, 2.24) is 0 Å². The van der Waals surface area contributed by atoms with Crippen LogP contribution in [0.15, 0.2) is 24.3 Å². The molecule has 72 valence electrons. The van der Waals surface area contributed by atoms with Gasteiger partial charge in [0.25, 0.3) is 0 Å². The number of rotatable bonds is 3. The van der Waals surface area contributed by atoms with E-state index >= 15 is 0 Å². The molecule has 1 rings (SSSR count). The zero-order valence-corrected chi connectivity index (χ0v) is 8.80. The van der Waals surface area contributed by atoms with E-state index in [1.54, 1.807) is 0 Å². The Labute approximate surface area is 81.0 Å². The number of nitrogens with two attached hydrogens (primary N) is 1. The second kappa shape index (κ2) is 3.93. The Balaban J connectivity index is 2.99. The molecule has 0 aromatic heterocycles. The van der Waals surface area contributed by atoms with Gasteiger partial charge >= 0.3 is 0 Å². The molecule has 0 radical (unpaired) electrons. The standard InChI is InChI=1S/C12H19N/c1-4-9-12(3,13)11-8-6-5-7-10(11)2/h5-8H,4,9,13H2,1-3H3. The van der Waals surface area contributed by atoms with Crippen molar-refractivity contribution >= 4 is 0 Å². The highest BCUT2D eigenvalue weighted by atomic mass is 14.7. The van der Waals surface area contributed by atoms with E-state index in [0.717, 1.165) is 12.8 Å². The lowest BCUT2D eigenvalue weighted by Gasteiger charge is -2.26. The largest absolute Gasteiger partial charge is 0.322 e. The molecule has 1 aromatic carbocycles. The summed E-state index contributed by atoms with van der Waals surface area (Å²) in [5.74, 6) is 0. The second-order valence-corrected chi connectivity index (χ2v) is 3.98. The van der Waals surface area contributed by atoms with Crippen molar-refractivity contribution in [2.24, 2.45) is 5.73 Å². The zero-order valence-electron chi connectivity index (χ0n) is 8.80. The Morgan fingerprint density at radius 1 is 1.31 bits per heavy atom. The van der Waals surface area contributed by atoms with Gasteiger partial charge < -0.3 is 5.73 Å². The van der Waals surface area contributed by atoms with Crippen LogP contribution in [0.2, 0.25) is 0 Å². The van der Waals surface area contributed by atoms with Gasteiger partial charge in [-0.25, -0.2) is 0 Å². The van der Waals surface area contributed by atoms with Gasteiger partial charge in [0.1, 0.15) is 0 Å². The van der Waals surface area contributed by atoms with Crippen molar-refractivity contribution in [2.75, 3.05) is 0 Å². The molecule has 13 heavy (non-hydrogen) atoms. The first-order valence-corrected chi connectivity index (χ1v) is 4.93. The molecule has 0 aliphatic rings. The van der Waals surface area contributed by atoms with Crippen molar-refractivity contribution in [3.8, 4) is 0 Å². The number of hydrogen-bond acceptors (Lipinski definition) is 1. The SMILES string of the molecule is CCCC(C)(N)c1ccccc1C. The Kier molecular flexibility index (Phi) is 3.10. The number of benzene rings is 1. The molecular formula is C12H19N. The summed E-state index contributed by atoms with van der Waals surface area (Å²) in [5, 5.41) is 0. The molecule has 1 aromatic rings. The van der Waals surface area contributed by atoms with Gasteiger partial charge in [0.05, 0.1) is 0 Å². The summed E-state index contributed by atoms with van der Waals surface area (Å²) >= 11 is 0. The second-order valence-electron chi connectivity index (χ2n) is 3.98. The van der Waals surface area contributed by atoms with E-state index in [2.05, 4.69) is 45.0 Å². The predicted molar refractivity (Wildman–Crippen MR) is 57.6 cm³/mol. The summed E-state index contributed by atoms with van der Waals surface area (Å²) in [7, 11) is 0. The minimum Gasteiger partial charge on any atom is -0.322 e. The predicted octanol–water partition coefficient (Wildman–Crippen LogP) is 2.97. The number of aryl methyl sites for hydroxylation is 1. The van der Waals surface area contributed by atoms with Crippen LogP contribution in [0.25, 0.3) is 0 Å². The summed E-state index contributed by atoms with van der Waals surface area (Å²) in [6.07, 6.45) is 2.17. The third kappa shape index (κ3) is 2.31. The molecular weight excluding hydrogens is 158 g/mol. The molecule has 0 aliphatic carbocycles. The molecule has 0 heterocycles. The molecule has 0 spiro atoms. The van der Waals surface area contributed by atoms with E-state index in [4.69, 9.17) is 5.73 Å². The van der Waals surface area contributed by atoms with Crippen LogP contribution in [-0.4, -0.2) is 0 Å². The molecule has 1 nitrogen and oxygen atoms in total. The van der Waals surface area contributed by atoms with Gasteiger partial charge in [-0.05, 0) is 31.4 Å². The third-order valence-corrected chi connectivity index (χ3v) is 2.53. The minimum atomic E-state index is -0.167. The lowest BCUT2D eigenvalue weighted by molar-refractivity contribution is 0.444. The topological polar surface area (TPSA) is 26.0 Å². The summed E-state index contributed by atoms with van der Waals surface area (Å²) in [5.41, 5.74) is 8.65. The Morgan fingerprint density at radius 2 is 1.92 bits per heavy atom. The van der Waals surface area contributed by atoms with E-state index in [9.17, 15) is 0 Å². The van der Waals surface area contributed by atoms with Crippen molar-refractivity contribution in [2.45, 2.75) is 39.2 Å². The Morgan fingerprint density at radius 3 is 2.46 bits per heavy atom. The van der Waals surface area contributed by atoms with Gasteiger partial charge in [-0.3, -0.25) is 0 Å². The smallest absolute Gasteiger partial charge is 0.0383 e. The minimum absolute atomic E-state index is 0.167. The maximum atomic E-state index is 6.25. The lowest BCUT2D eigenvalue weighted by Crippen LogP contribution is -2.33. The fourth-order valence-electron chi connectivity index (χ4n) is 1.87. The average Bonchev–Trinajstić information content (AvgIpc) is 2.04. The van der Waals surface area contributed by atoms with Crippen LogP contribution < -0.4 is 5.73 Å². The summed E-state index contributed by atoms with van der Waals surface area (Å²) in [6.45, 7) is 6.40. The molecule has 2 N–H and O–H groups in total. The molecule has 1 atom stereocenters. The van der Waals surface area contributed by atoms with Crippen molar-refractivity contribution in [3.63, 3.8) is 0 Å². The van der Waals surface area contributed by atoms with Gasteiger partial charge in [-0.1, -0.05) is 37.6 Å². The zero-order chi connectivity index (χ0) is 9.90. The van der Waals surface area contributed by atoms with E-state index in [1.165, 1.54) is 11.1 Å². The van der Waals surface area contributed by atoms with E-state index in [1.807, 2.05) is 0 Å². The van der Waals surface area contributed by atoms with Crippen LogP contribution >= 0.6 is 0 Å². The van der Waals surface area contributed by atoms with Crippen LogP contribution in [-0.2, 0) is 5.54 Å². The van der Waals surface area contributed by atoms with Gasteiger partial charge in [0.15, 0.2) is 0 Å². The van der Waals surface area contributed by atoms with Crippen LogP contribution in [0.4, 0.5) is 0 Å². The quantitative estimate of drug-likeness (QED) is 0.754. The van der Waals surface area contributed by atoms with E-state index in [0.29, 0.717) is 0 Å². The van der Waals surface area contributed by atoms with Gasteiger partial charge in [-0.2, -0.15) is 0 Å². The van der Waals surface area contributed by atoms with Crippen LogP contribution in [0.3, 0.4) is 0 Å². The molecule has 0 amide bonds. The van der Waals surface area contributed by atoms with Gasteiger partial charge in [0, 0.05) is 5.54 Å². The van der Waals surface area contributed by atoms with Gasteiger partial charge in [0.2, 0.25) is 0 Å². The maximum Gasteiger partial charge on any atom is 0.0383 e. The fourth-order valence-corrected chi connectivity index (χ4v) is 1.87.